The van der Waals surface area contributed by atoms with E-state index in [-0.39, 0.29) is 11.8 Å². The molecule has 0 bridgehead atoms. The summed E-state index contributed by atoms with van der Waals surface area (Å²) >= 11 is 0. The second-order valence-corrected chi connectivity index (χ2v) is 7.43. The summed E-state index contributed by atoms with van der Waals surface area (Å²) in [4.78, 5) is 20.5. The van der Waals surface area contributed by atoms with Crippen LogP contribution in [0.5, 0.6) is 11.5 Å². The van der Waals surface area contributed by atoms with Crippen molar-refractivity contribution in [3.8, 4) is 22.8 Å². The van der Waals surface area contributed by atoms with E-state index < -0.39 is 0 Å². The summed E-state index contributed by atoms with van der Waals surface area (Å²) in [5.41, 5.74) is 2.67. The third-order valence-electron chi connectivity index (χ3n) is 5.61. The highest BCUT2D eigenvalue weighted by Crippen LogP contribution is 2.38. The number of aromatic nitrogens is 1. The van der Waals surface area contributed by atoms with Gasteiger partial charge in [0.25, 0.3) is 0 Å². The third-order valence-corrected chi connectivity index (χ3v) is 5.61. The molecule has 0 aliphatic carbocycles. The summed E-state index contributed by atoms with van der Waals surface area (Å²) in [5.74, 6) is 0.721. The number of aromatic hydroxyl groups is 1. The van der Waals surface area contributed by atoms with Crippen molar-refractivity contribution in [1.29, 1.82) is 0 Å². The van der Waals surface area contributed by atoms with Crippen LogP contribution in [0.1, 0.15) is 25.3 Å². The molecule has 7 nitrogen and oxygen atoms in total. The molecule has 4 rings (SSSR count). The average Bonchev–Trinajstić information content (AvgIpc) is 2.97. The molecule has 0 radical (unpaired) electrons. The number of carbonyl (C=O) groups is 1. The maximum Gasteiger partial charge on any atom is 0.409 e. The predicted molar refractivity (Wildman–Crippen MR) is 109 cm³/mol. The number of pyridine rings is 1. The van der Waals surface area contributed by atoms with E-state index in [1.807, 2.05) is 25.1 Å². The number of ether oxygens (including phenoxy) is 2. The largest absolute Gasteiger partial charge is 0.504 e. The van der Waals surface area contributed by atoms with Crippen molar-refractivity contribution in [2.45, 2.75) is 32.4 Å². The van der Waals surface area contributed by atoms with Gasteiger partial charge in [0.15, 0.2) is 11.5 Å². The van der Waals surface area contributed by atoms with Crippen LogP contribution in [0.25, 0.3) is 11.3 Å². The second-order valence-electron chi connectivity index (χ2n) is 7.43. The van der Waals surface area contributed by atoms with E-state index in [1.165, 1.54) is 0 Å². The number of fused-ring (bicyclic) bond motifs is 1. The zero-order valence-electron chi connectivity index (χ0n) is 16.7. The van der Waals surface area contributed by atoms with Gasteiger partial charge >= 0.3 is 6.09 Å². The SMILES string of the molecule is CCOC(=O)N1CCC(N2CCOc3c(O)cc(-c4ccccn4)cc3C2)CC1. The number of phenols is 1. The zero-order valence-corrected chi connectivity index (χ0v) is 16.7. The number of likely N-dealkylation sites (tertiary alicyclic amines) is 1. The van der Waals surface area contributed by atoms with Crippen LogP contribution in [0.15, 0.2) is 36.5 Å². The molecule has 1 saturated heterocycles. The van der Waals surface area contributed by atoms with Gasteiger partial charge in [0.05, 0.1) is 12.3 Å². The van der Waals surface area contributed by atoms with Gasteiger partial charge in [-0.2, -0.15) is 0 Å². The summed E-state index contributed by atoms with van der Waals surface area (Å²) in [6.45, 7) is 5.65. The quantitative estimate of drug-likeness (QED) is 0.857. The fourth-order valence-electron chi connectivity index (χ4n) is 4.14. The maximum atomic E-state index is 11.9. The molecule has 1 aromatic carbocycles. The highest BCUT2D eigenvalue weighted by molar-refractivity contribution is 5.68. The Morgan fingerprint density at radius 2 is 2.10 bits per heavy atom. The highest BCUT2D eigenvalue weighted by atomic mass is 16.6. The Morgan fingerprint density at radius 3 is 2.83 bits per heavy atom. The van der Waals surface area contributed by atoms with Crippen LogP contribution in [-0.2, 0) is 11.3 Å². The Bertz CT molecular complexity index is 851. The molecular weight excluding hydrogens is 370 g/mol. The Kier molecular flexibility index (Phi) is 5.85. The minimum Gasteiger partial charge on any atom is -0.504 e. The van der Waals surface area contributed by atoms with Crippen molar-refractivity contribution < 1.29 is 19.4 Å². The van der Waals surface area contributed by atoms with Crippen LogP contribution in [-0.4, -0.2) is 64.9 Å². The van der Waals surface area contributed by atoms with Gasteiger partial charge in [-0.05, 0) is 44.0 Å². The fraction of sp³-hybridized carbons (Fsp3) is 0.455. The number of rotatable bonds is 3. The van der Waals surface area contributed by atoms with Gasteiger partial charge in [-0.25, -0.2) is 4.79 Å². The number of hydrogen-bond acceptors (Lipinski definition) is 6. The Morgan fingerprint density at radius 1 is 1.28 bits per heavy atom. The van der Waals surface area contributed by atoms with E-state index in [2.05, 4.69) is 16.0 Å². The molecule has 0 unspecified atom stereocenters. The van der Waals surface area contributed by atoms with Gasteiger partial charge < -0.3 is 19.5 Å². The van der Waals surface area contributed by atoms with Crippen molar-refractivity contribution in [1.82, 2.24) is 14.8 Å². The molecule has 29 heavy (non-hydrogen) atoms. The number of amides is 1. The smallest absolute Gasteiger partial charge is 0.409 e. The topological polar surface area (TPSA) is 75.1 Å². The minimum absolute atomic E-state index is 0.155. The molecule has 1 amide bonds. The second kappa shape index (κ2) is 8.69. The first kappa shape index (κ1) is 19.5. The van der Waals surface area contributed by atoms with Crippen LogP contribution in [0.4, 0.5) is 4.79 Å². The number of carbonyl (C=O) groups excluding carboxylic acids is 1. The molecule has 0 atom stereocenters. The summed E-state index contributed by atoms with van der Waals surface area (Å²) in [6.07, 6.45) is 3.33. The van der Waals surface area contributed by atoms with E-state index in [1.54, 1.807) is 17.2 Å². The van der Waals surface area contributed by atoms with E-state index in [9.17, 15) is 9.90 Å². The van der Waals surface area contributed by atoms with Crippen LogP contribution in [0.2, 0.25) is 0 Å². The van der Waals surface area contributed by atoms with Gasteiger partial charge in [0.2, 0.25) is 0 Å². The van der Waals surface area contributed by atoms with Crippen molar-refractivity contribution in [2.75, 3.05) is 32.8 Å². The first-order chi connectivity index (χ1) is 14.2. The van der Waals surface area contributed by atoms with Gasteiger partial charge in [0, 0.05) is 49.5 Å². The lowest BCUT2D eigenvalue weighted by Crippen LogP contribution is -2.47. The van der Waals surface area contributed by atoms with Gasteiger partial charge in [-0.1, -0.05) is 6.07 Å². The van der Waals surface area contributed by atoms with Crippen molar-refractivity contribution in [3.05, 3.63) is 42.1 Å². The Balaban J connectivity index is 1.50. The average molecular weight is 397 g/mol. The summed E-state index contributed by atoms with van der Waals surface area (Å²) in [7, 11) is 0. The first-order valence-electron chi connectivity index (χ1n) is 10.2. The van der Waals surface area contributed by atoms with Crippen LogP contribution in [0, 0.1) is 0 Å². The normalized spacial score (nSPS) is 17.9. The molecule has 1 N–H and O–H groups in total. The fourth-order valence-corrected chi connectivity index (χ4v) is 4.14. The minimum atomic E-state index is -0.222. The van der Waals surface area contributed by atoms with Gasteiger partial charge in [-0.15, -0.1) is 0 Å². The lowest BCUT2D eigenvalue weighted by molar-refractivity contribution is 0.0704. The van der Waals surface area contributed by atoms with Crippen LogP contribution < -0.4 is 4.74 Å². The van der Waals surface area contributed by atoms with Crippen molar-refractivity contribution >= 4 is 6.09 Å². The van der Waals surface area contributed by atoms with E-state index >= 15 is 0 Å². The predicted octanol–water partition coefficient (Wildman–Crippen LogP) is 3.27. The summed E-state index contributed by atoms with van der Waals surface area (Å²) in [6, 6.07) is 9.89. The number of nitrogens with zero attached hydrogens (tertiary/aromatic N) is 3. The molecule has 2 aliphatic heterocycles. The van der Waals surface area contributed by atoms with Gasteiger partial charge in [-0.3, -0.25) is 9.88 Å². The molecule has 1 aromatic heterocycles. The third kappa shape index (κ3) is 4.29. The highest BCUT2D eigenvalue weighted by Gasteiger charge is 2.30. The zero-order chi connectivity index (χ0) is 20.2. The number of benzene rings is 1. The van der Waals surface area contributed by atoms with Crippen LogP contribution >= 0.6 is 0 Å². The van der Waals surface area contributed by atoms with Gasteiger partial charge in [0.1, 0.15) is 6.61 Å². The molecule has 7 heteroatoms. The Hall–Kier alpha value is -2.80. The number of phenolic OH excluding ortho intramolecular Hbond substituents is 1. The van der Waals surface area contributed by atoms with Crippen LogP contribution in [0.3, 0.4) is 0 Å². The molecular formula is C22H27N3O4. The molecule has 0 spiro atoms. The number of hydrogen-bond donors (Lipinski definition) is 1. The molecule has 1 fully saturated rings. The monoisotopic (exact) mass is 397 g/mol. The maximum absolute atomic E-state index is 11.9. The molecule has 0 saturated carbocycles. The summed E-state index contributed by atoms with van der Waals surface area (Å²) < 4.78 is 11.0. The standard InChI is InChI=1S/C22H27N3O4/c1-2-28-22(27)24-9-6-18(7-10-24)25-11-12-29-21-17(15-25)13-16(14-20(21)26)19-5-3-4-8-23-19/h3-5,8,13-14,18,26H,2,6-7,9-12,15H2,1H3. The Labute approximate surface area is 170 Å². The molecule has 2 aromatic rings. The number of piperidine rings is 1. The van der Waals surface area contributed by atoms with E-state index in [4.69, 9.17) is 9.47 Å². The lowest BCUT2D eigenvalue weighted by Gasteiger charge is -2.37. The first-order valence-corrected chi connectivity index (χ1v) is 10.2. The summed E-state index contributed by atoms with van der Waals surface area (Å²) in [5, 5.41) is 10.5. The van der Waals surface area contributed by atoms with Crippen molar-refractivity contribution in [2.24, 2.45) is 0 Å². The molecule has 3 heterocycles. The lowest BCUT2D eigenvalue weighted by atomic mass is 10.0. The van der Waals surface area contributed by atoms with E-state index in [0.29, 0.717) is 44.6 Å². The molecule has 2 aliphatic rings. The molecule has 154 valence electrons. The van der Waals surface area contributed by atoms with Crippen molar-refractivity contribution in [3.63, 3.8) is 0 Å². The van der Waals surface area contributed by atoms with E-state index in [0.717, 1.165) is 36.2 Å².